The molecule has 230 valence electrons. The van der Waals surface area contributed by atoms with Gasteiger partial charge in [0, 0.05) is 44.7 Å². The first kappa shape index (κ1) is 27.9. The molecule has 0 spiro atoms. The maximum absolute atomic E-state index is 6.47. The fourth-order valence-electron chi connectivity index (χ4n) is 8.64. The van der Waals surface area contributed by atoms with Crippen LogP contribution in [0.2, 0.25) is 0 Å². The van der Waals surface area contributed by atoms with Crippen molar-refractivity contribution < 1.29 is 0 Å². The lowest BCUT2D eigenvalue weighted by molar-refractivity contribution is 0.352. The summed E-state index contributed by atoms with van der Waals surface area (Å²) in [5.41, 5.74) is 18.2. The van der Waals surface area contributed by atoms with Gasteiger partial charge in [-0.2, -0.15) is 0 Å². The molecule has 2 heterocycles. The predicted octanol–water partition coefficient (Wildman–Crippen LogP) is 10.3. The van der Waals surface area contributed by atoms with Gasteiger partial charge in [0.05, 0.1) is 22.2 Å². The van der Waals surface area contributed by atoms with E-state index in [1.165, 1.54) is 60.8 Å². The van der Waals surface area contributed by atoms with E-state index < -0.39 is 0 Å². The number of hydrogen-bond acceptors (Lipinski definition) is 2. The summed E-state index contributed by atoms with van der Waals surface area (Å²) in [6.07, 6.45) is 15.8. The Morgan fingerprint density at radius 1 is 0.787 bits per heavy atom. The Morgan fingerprint density at radius 3 is 2.34 bits per heavy atom. The van der Waals surface area contributed by atoms with Gasteiger partial charge in [-0.05, 0) is 72.6 Å². The Bertz CT molecular complexity index is 2400. The highest BCUT2D eigenvalue weighted by Gasteiger charge is 2.43. The molecular weight excluding hydrogens is 573 g/mol. The average Bonchev–Trinajstić information content (AvgIpc) is 3.57. The van der Waals surface area contributed by atoms with E-state index in [4.69, 9.17) is 10.7 Å². The summed E-state index contributed by atoms with van der Waals surface area (Å²) in [6.45, 7) is 7.01. The molecule has 47 heavy (non-hydrogen) atoms. The number of benzene rings is 4. The standard InChI is InChI=1S/C43H38N4/c1-27(45-37-18-10-9-17-36(37)44)46-38-19-11-7-16-31(38)33-23-21-28-22-24-34-35(43(2,3)40(28)42(33)46)26-25-32-30-15-8-12-20-39(30)47(41(32)34)29-13-5-4-6-14-29/h4-8,10-16,18-26,34-35H,9,17,44H2,1-3H3/b45-27+. The second kappa shape index (κ2) is 10.3. The lowest BCUT2D eigenvalue weighted by Crippen LogP contribution is -2.34. The molecule has 2 unspecified atom stereocenters. The van der Waals surface area contributed by atoms with Crippen molar-refractivity contribution in [2.24, 2.45) is 16.6 Å². The fourth-order valence-corrected chi connectivity index (χ4v) is 8.64. The van der Waals surface area contributed by atoms with E-state index in [0.29, 0.717) is 0 Å². The summed E-state index contributed by atoms with van der Waals surface area (Å²) in [5, 5.41) is 3.80. The van der Waals surface area contributed by atoms with Crippen molar-refractivity contribution >= 4 is 50.7 Å². The van der Waals surface area contributed by atoms with E-state index in [9.17, 15) is 0 Å². The van der Waals surface area contributed by atoms with Crippen LogP contribution in [0.25, 0.3) is 50.5 Å². The number of rotatable bonds is 2. The van der Waals surface area contributed by atoms with E-state index in [-0.39, 0.29) is 17.3 Å². The Balaban J connectivity index is 1.30. The smallest absolute Gasteiger partial charge is 0.111 e. The number of aromatic nitrogens is 2. The lowest BCUT2D eigenvalue weighted by Gasteiger charge is -2.39. The van der Waals surface area contributed by atoms with E-state index in [1.807, 2.05) is 0 Å². The van der Waals surface area contributed by atoms with Gasteiger partial charge in [-0.15, -0.1) is 0 Å². The van der Waals surface area contributed by atoms with E-state index in [2.05, 4.69) is 157 Å². The number of fused-ring (bicyclic) bond motifs is 10. The minimum atomic E-state index is -0.218. The van der Waals surface area contributed by atoms with Crippen LogP contribution in [-0.4, -0.2) is 15.0 Å². The molecule has 0 saturated carbocycles. The third-order valence-electron chi connectivity index (χ3n) is 10.8. The zero-order valence-electron chi connectivity index (χ0n) is 27.1. The second-order valence-electron chi connectivity index (χ2n) is 13.8. The van der Waals surface area contributed by atoms with Gasteiger partial charge in [0.25, 0.3) is 0 Å². The number of nitrogens with zero attached hydrogens (tertiary/aromatic N) is 3. The van der Waals surface area contributed by atoms with Gasteiger partial charge in [0.1, 0.15) is 5.84 Å². The third kappa shape index (κ3) is 4.04. The van der Waals surface area contributed by atoms with Gasteiger partial charge >= 0.3 is 0 Å². The van der Waals surface area contributed by atoms with Crippen LogP contribution >= 0.6 is 0 Å². The molecule has 0 amide bonds. The third-order valence-corrected chi connectivity index (χ3v) is 10.8. The maximum atomic E-state index is 6.47. The molecule has 2 N–H and O–H groups in total. The fraction of sp³-hybridized carbons (Fsp3) is 0.186. The highest BCUT2D eigenvalue weighted by Crippen LogP contribution is 2.53. The summed E-state index contributed by atoms with van der Waals surface area (Å²) in [6, 6.07) is 33.1. The topological polar surface area (TPSA) is 48.2 Å². The molecule has 0 saturated heterocycles. The highest BCUT2D eigenvalue weighted by atomic mass is 15.1. The number of allylic oxidation sites excluding steroid dienone is 5. The number of nitrogens with two attached hydrogens (primary N) is 1. The SMILES string of the molecule is C/C(=N\C1=C(N)CCC=C1)n1c2ccccc2c2ccc3c(c21)C(C)(C)C1C=Cc2c(n(-c4ccccc4)c4ccccc24)C1C=C3. The van der Waals surface area contributed by atoms with Crippen molar-refractivity contribution in [1.82, 2.24) is 9.13 Å². The van der Waals surface area contributed by atoms with E-state index >= 15 is 0 Å². The molecule has 4 heteroatoms. The number of para-hydroxylation sites is 3. The van der Waals surface area contributed by atoms with Crippen LogP contribution in [0.5, 0.6) is 0 Å². The summed E-state index contributed by atoms with van der Waals surface area (Å²) in [5.74, 6) is 1.35. The van der Waals surface area contributed by atoms with Crippen molar-refractivity contribution in [3.63, 3.8) is 0 Å². The van der Waals surface area contributed by atoms with Gasteiger partial charge in [0.2, 0.25) is 0 Å². The maximum Gasteiger partial charge on any atom is 0.111 e. The van der Waals surface area contributed by atoms with Crippen LogP contribution in [0.4, 0.5) is 0 Å². The Labute approximate surface area is 275 Å². The molecule has 9 rings (SSSR count). The molecule has 2 atom stereocenters. The second-order valence-corrected chi connectivity index (χ2v) is 13.8. The Morgan fingerprint density at radius 2 is 1.53 bits per heavy atom. The van der Waals surface area contributed by atoms with E-state index in [0.717, 1.165) is 30.1 Å². The van der Waals surface area contributed by atoms with Crippen molar-refractivity contribution in [3.8, 4) is 5.69 Å². The molecule has 0 radical (unpaired) electrons. The van der Waals surface area contributed by atoms with Crippen LogP contribution in [0, 0.1) is 5.92 Å². The van der Waals surface area contributed by atoms with Gasteiger partial charge in [-0.1, -0.05) is 111 Å². The van der Waals surface area contributed by atoms with Gasteiger partial charge in [0.15, 0.2) is 0 Å². The monoisotopic (exact) mass is 610 g/mol. The van der Waals surface area contributed by atoms with Crippen LogP contribution in [0.1, 0.15) is 61.9 Å². The zero-order chi connectivity index (χ0) is 31.9. The zero-order valence-corrected chi connectivity index (χ0v) is 27.1. The minimum Gasteiger partial charge on any atom is -0.400 e. The van der Waals surface area contributed by atoms with Crippen LogP contribution in [0.3, 0.4) is 0 Å². The Kier molecular flexibility index (Phi) is 6.14. The molecule has 0 bridgehead atoms. The molecule has 4 aromatic carbocycles. The first-order valence-electron chi connectivity index (χ1n) is 16.8. The van der Waals surface area contributed by atoms with Crippen molar-refractivity contribution in [3.05, 3.63) is 149 Å². The van der Waals surface area contributed by atoms with Gasteiger partial charge < -0.3 is 10.3 Å². The summed E-state index contributed by atoms with van der Waals surface area (Å²) in [4.78, 5) is 5.17. The minimum absolute atomic E-state index is 0.185. The van der Waals surface area contributed by atoms with Crippen LogP contribution in [0.15, 0.2) is 132 Å². The average molecular weight is 611 g/mol. The first-order chi connectivity index (χ1) is 22.9. The van der Waals surface area contributed by atoms with Crippen LogP contribution in [-0.2, 0) is 5.41 Å². The molecular formula is C43H38N4. The Hall–Kier alpha value is -5.35. The van der Waals surface area contributed by atoms with Crippen molar-refractivity contribution in [2.75, 3.05) is 0 Å². The van der Waals surface area contributed by atoms with E-state index in [1.54, 1.807) is 0 Å². The number of hydrogen-bond donors (Lipinski definition) is 1. The molecule has 3 aliphatic rings. The molecule has 4 nitrogen and oxygen atoms in total. The first-order valence-corrected chi connectivity index (χ1v) is 16.8. The summed E-state index contributed by atoms with van der Waals surface area (Å²) < 4.78 is 4.89. The molecule has 3 aliphatic carbocycles. The molecule has 2 aromatic heterocycles. The van der Waals surface area contributed by atoms with Crippen LogP contribution < -0.4 is 5.73 Å². The highest BCUT2D eigenvalue weighted by molar-refractivity contribution is 6.15. The lowest BCUT2D eigenvalue weighted by atomic mass is 9.65. The van der Waals surface area contributed by atoms with Gasteiger partial charge in [-0.3, -0.25) is 4.57 Å². The van der Waals surface area contributed by atoms with Gasteiger partial charge in [-0.25, -0.2) is 4.99 Å². The number of aliphatic imine (C=N–C) groups is 1. The molecule has 6 aromatic rings. The van der Waals surface area contributed by atoms with Crippen molar-refractivity contribution in [1.29, 1.82) is 0 Å². The molecule has 0 fully saturated rings. The predicted molar refractivity (Wildman–Crippen MR) is 198 cm³/mol. The summed E-state index contributed by atoms with van der Waals surface area (Å²) >= 11 is 0. The summed E-state index contributed by atoms with van der Waals surface area (Å²) in [7, 11) is 0. The largest absolute Gasteiger partial charge is 0.400 e. The normalized spacial score (nSPS) is 20.1. The van der Waals surface area contributed by atoms with Crippen molar-refractivity contribution in [2.45, 2.75) is 44.9 Å². The molecule has 0 aliphatic heterocycles. The quantitative estimate of drug-likeness (QED) is 0.154.